The summed E-state index contributed by atoms with van der Waals surface area (Å²) in [4.78, 5) is 11.9. The van der Waals surface area contributed by atoms with Gasteiger partial charge in [-0.2, -0.15) is 0 Å². The van der Waals surface area contributed by atoms with Gasteiger partial charge in [0.25, 0.3) is 5.91 Å². The van der Waals surface area contributed by atoms with E-state index in [1.807, 2.05) is 0 Å². The molecule has 0 spiro atoms. The number of nitrogens with one attached hydrogen (secondary N) is 2. The molecule has 1 aromatic carbocycles. The molecule has 6 heteroatoms. The lowest BCUT2D eigenvalue weighted by Gasteiger charge is -2.11. The Morgan fingerprint density at radius 1 is 1.56 bits per heavy atom. The van der Waals surface area contributed by atoms with Gasteiger partial charge in [0.15, 0.2) is 0 Å². The van der Waals surface area contributed by atoms with Crippen LogP contribution in [0.5, 0.6) is 0 Å². The zero-order valence-electron chi connectivity index (χ0n) is 9.71. The van der Waals surface area contributed by atoms with Crippen molar-refractivity contribution in [1.82, 2.24) is 10.6 Å². The average molecular weight is 354 g/mol. The van der Waals surface area contributed by atoms with Crippen molar-refractivity contribution in [2.75, 3.05) is 13.1 Å². The van der Waals surface area contributed by atoms with Crippen LogP contribution in [0.4, 0.5) is 0 Å². The van der Waals surface area contributed by atoms with Crippen LogP contribution in [0.15, 0.2) is 22.7 Å². The van der Waals surface area contributed by atoms with Gasteiger partial charge in [-0.3, -0.25) is 4.79 Å². The highest BCUT2D eigenvalue weighted by Gasteiger charge is 2.15. The van der Waals surface area contributed by atoms with Gasteiger partial charge in [-0.1, -0.05) is 11.6 Å². The summed E-state index contributed by atoms with van der Waals surface area (Å²) in [6.45, 7) is 1.72. The van der Waals surface area contributed by atoms with Crippen LogP contribution in [0.1, 0.15) is 23.2 Å². The maximum Gasteiger partial charge on any atom is 0.251 e. The van der Waals surface area contributed by atoms with E-state index in [-0.39, 0.29) is 18.3 Å². The van der Waals surface area contributed by atoms with Gasteiger partial charge >= 0.3 is 0 Å². The van der Waals surface area contributed by atoms with Gasteiger partial charge in [0, 0.05) is 22.6 Å². The van der Waals surface area contributed by atoms with Crippen LogP contribution < -0.4 is 10.6 Å². The lowest BCUT2D eigenvalue weighted by atomic mass is 10.2. The number of halogens is 3. The molecule has 0 bridgehead atoms. The van der Waals surface area contributed by atoms with Gasteiger partial charge in [-0.15, -0.1) is 12.4 Å². The Kier molecular flexibility index (Phi) is 6.43. The van der Waals surface area contributed by atoms with Gasteiger partial charge in [0.05, 0.1) is 5.02 Å². The Balaban J connectivity index is 0.00000162. The fraction of sp³-hybridized carbons (Fsp3) is 0.417. The Morgan fingerprint density at radius 2 is 2.33 bits per heavy atom. The summed E-state index contributed by atoms with van der Waals surface area (Å²) in [5, 5.41) is 6.80. The third kappa shape index (κ3) is 4.12. The first-order chi connectivity index (χ1) is 8.16. The Hall–Kier alpha value is -0.290. The molecule has 1 aromatic rings. The van der Waals surface area contributed by atoms with Crippen LogP contribution in [-0.4, -0.2) is 25.0 Å². The lowest BCUT2D eigenvalue weighted by molar-refractivity contribution is 0.0950. The first kappa shape index (κ1) is 15.8. The Labute approximate surface area is 126 Å². The average Bonchev–Trinajstić information content (AvgIpc) is 2.82. The van der Waals surface area contributed by atoms with E-state index in [4.69, 9.17) is 11.6 Å². The molecule has 1 fully saturated rings. The molecule has 18 heavy (non-hydrogen) atoms. The van der Waals surface area contributed by atoms with Crippen molar-refractivity contribution < 1.29 is 4.79 Å². The van der Waals surface area contributed by atoms with Crippen LogP contribution in [0.3, 0.4) is 0 Å². The van der Waals surface area contributed by atoms with E-state index in [2.05, 4.69) is 26.6 Å². The van der Waals surface area contributed by atoms with Crippen molar-refractivity contribution in [3.8, 4) is 0 Å². The fourth-order valence-electron chi connectivity index (χ4n) is 1.89. The van der Waals surface area contributed by atoms with Crippen LogP contribution >= 0.6 is 39.9 Å². The second kappa shape index (κ2) is 7.34. The van der Waals surface area contributed by atoms with Crippen molar-refractivity contribution in [3.63, 3.8) is 0 Å². The third-order valence-corrected chi connectivity index (χ3v) is 4.09. The summed E-state index contributed by atoms with van der Waals surface area (Å²) in [6, 6.07) is 5.62. The molecule has 3 nitrogen and oxygen atoms in total. The Bertz CT molecular complexity index is 423. The second-order valence-electron chi connectivity index (χ2n) is 4.13. The topological polar surface area (TPSA) is 41.1 Å². The predicted molar refractivity (Wildman–Crippen MR) is 79.8 cm³/mol. The Morgan fingerprint density at radius 3 is 2.94 bits per heavy atom. The molecule has 1 saturated heterocycles. The summed E-state index contributed by atoms with van der Waals surface area (Å²) < 4.78 is 0.799. The number of carbonyl (C=O) groups excluding carboxylic acids is 1. The van der Waals surface area contributed by atoms with Crippen molar-refractivity contribution in [1.29, 1.82) is 0 Å². The van der Waals surface area contributed by atoms with E-state index in [0.717, 1.165) is 17.4 Å². The van der Waals surface area contributed by atoms with Gasteiger partial charge in [-0.05, 0) is 53.5 Å². The van der Waals surface area contributed by atoms with Gasteiger partial charge in [0.2, 0.25) is 0 Å². The van der Waals surface area contributed by atoms with E-state index in [1.165, 1.54) is 6.42 Å². The van der Waals surface area contributed by atoms with E-state index in [0.29, 0.717) is 23.2 Å². The summed E-state index contributed by atoms with van der Waals surface area (Å²) in [6.07, 6.45) is 2.31. The molecular formula is C12H15BrCl2N2O. The number of rotatable bonds is 3. The molecule has 1 amide bonds. The molecule has 2 N–H and O–H groups in total. The predicted octanol–water partition coefficient (Wildman–Crippen LogP) is 3.01. The zero-order chi connectivity index (χ0) is 12.3. The normalized spacial score (nSPS) is 18.2. The molecule has 0 saturated carbocycles. The maximum absolute atomic E-state index is 11.9. The highest BCUT2D eigenvalue weighted by atomic mass is 79.9. The van der Waals surface area contributed by atoms with Crippen molar-refractivity contribution in [2.24, 2.45) is 0 Å². The van der Waals surface area contributed by atoms with E-state index in [9.17, 15) is 4.79 Å². The van der Waals surface area contributed by atoms with Crippen molar-refractivity contribution in [3.05, 3.63) is 33.3 Å². The highest BCUT2D eigenvalue weighted by Crippen LogP contribution is 2.23. The minimum Gasteiger partial charge on any atom is -0.350 e. The number of hydrogen-bond acceptors (Lipinski definition) is 2. The standard InChI is InChI=1S/C12H14BrClN2O.ClH/c13-10-4-3-8(6-11(10)14)12(17)16-7-9-2-1-5-15-9;/h3-4,6,9,15H,1-2,5,7H2,(H,16,17);1H. The van der Waals surface area contributed by atoms with E-state index in [1.54, 1.807) is 18.2 Å². The zero-order valence-corrected chi connectivity index (χ0v) is 12.9. The molecule has 1 aliphatic rings. The maximum atomic E-state index is 11.9. The van der Waals surface area contributed by atoms with Crippen LogP contribution in [0.2, 0.25) is 5.02 Å². The molecule has 1 aliphatic heterocycles. The molecule has 0 radical (unpaired) electrons. The van der Waals surface area contributed by atoms with Gasteiger partial charge < -0.3 is 10.6 Å². The first-order valence-corrected chi connectivity index (χ1v) is 6.80. The fourth-order valence-corrected chi connectivity index (χ4v) is 2.31. The minimum absolute atomic E-state index is 0. The quantitative estimate of drug-likeness (QED) is 0.876. The number of hydrogen-bond donors (Lipinski definition) is 2. The number of amides is 1. The van der Waals surface area contributed by atoms with Crippen LogP contribution in [-0.2, 0) is 0 Å². The molecule has 1 atom stereocenters. The first-order valence-electron chi connectivity index (χ1n) is 5.63. The number of carbonyl (C=O) groups is 1. The molecule has 0 aromatic heterocycles. The molecular weight excluding hydrogens is 339 g/mol. The van der Waals surface area contributed by atoms with E-state index >= 15 is 0 Å². The van der Waals surface area contributed by atoms with E-state index < -0.39 is 0 Å². The van der Waals surface area contributed by atoms with Crippen molar-refractivity contribution >= 4 is 45.8 Å². The van der Waals surface area contributed by atoms with Crippen LogP contribution in [0.25, 0.3) is 0 Å². The summed E-state index contributed by atoms with van der Waals surface area (Å²) in [7, 11) is 0. The van der Waals surface area contributed by atoms with Gasteiger partial charge in [-0.25, -0.2) is 0 Å². The molecule has 2 rings (SSSR count). The van der Waals surface area contributed by atoms with Crippen molar-refractivity contribution in [2.45, 2.75) is 18.9 Å². The summed E-state index contributed by atoms with van der Waals surface area (Å²) in [5.41, 5.74) is 0.594. The highest BCUT2D eigenvalue weighted by molar-refractivity contribution is 9.10. The largest absolute Gasteiger partial charge is 0.350 e. The third-order valence-electron chi connectivity index (χ3n) is 2.85. The minimum atomic E-state index is -0.0758. The smallest absolute Gasteiger partial charge is 0.251 e. The monoisotopic (exact) mass is 352 g/mol. The summed E-state index contributed by atoms with van der Waals surface area (Å²) in [5.74, 6) is -0.0758. The SMILES string of the molecule is Cl.O=C(NCC1CCCN1)c1ccc(Br)c(Cl)c1. The van der Waals surface area contributed by atoms with Gasteiger partial charge in [0.1, 0.15) is 0 Å². The molecule has 1 unspecified atom stereocenters. The lowest BCUT2D eigenvalue weighted by Crippen LogP contribution is -2.37. The number of benzene rings is 1. The summed E-state index contributed by atoms with van der Waals surface area (Å²) >= 11 is 9.24. The molecule has 1 heterocycles. The molecule has 100 valence electrons. The van der Waals surface area contributed by atoms with Crippen LogP contribution in [0, 0.1) is 0 Å². The second-order valence-corrected chi connectivity index (χ2v) is 5.39. The molecule has 0 aliphatic carbocycles.